The van der Waals surface area contributed by atoms with Gasteiger partial charge in [0, 0.05) is 6.54 Å². The zero-order valence-electron chi connectivity index (χ0n) is 16.0. The van der Waals surface area contributed by atoms with Crippen LogP contribution in [0.25, 0.3) is 0 Å². The number of ether oxygens (including phenoxy) is 2. The Kier molecular flexibility index (Phi) is 5.11. The maximum absolute atomic E-state index is 12.2. The first kappa shape index (κ1) is 18.3. The van der Waals surface area contributed by atoms with Crippen LogP contribution in [0.5, 0.6) is 5.75 Å². The Hall–Kier alpha value is -2.04. The first-order chi connectivity index (χ1) is 13.0. The summed E-state index contributed by atoms with van der Waals surface area (Å²) in [6, 6.07) is 9.12. The quantitative estimate of drug-likeness (QED) is 0.747. The standard InChI is InChI=1S/C22H29NO4/c1-15(27-19-5-3-2-4-6-19)21(25)26-13-20(24)23-14-22-10-16-7-17(11-22)9-18(8-16)12-22/h2-6,15-18H,7-14H2,1H3,(H,23,24)/t15-,16?,17?,18?,22?/m0/s1. The predicted octanol–water partition coefficient (Wildman–Crippen LogP) is 3.33. The number of amides is 1. The van der Waals surface area contributed by atoms with Crippen molar-refractivity contribution in [3.8, 4) is 5.75 Å². The van der Waals surface area contributed by atoms with E-state index in [2.05, 4.69) is 5.32 Å². The first-order valence-corrected chi connectivity index (χ1v) is 10.2. The monoisotopic (exact) mass is 371 g/mol. The van der Waals surface area contributed by atoms with Crippen LogP contribution in [0.2, 0.25) is 0 Å². The number of rotatable bonds is 7. The van der Waals surface area contributed by atoms with Crippen LogP contribution in [0.15, 0.2) is 30.3 Å². The molecule has 5 nitrogen and oxygen atoms in total. The molecule has 146 valence electrons. The molecule has 1 atom stereocenters. The van der Waals surface area contributed by atoms with Gasteiger partial charge >= 0.3 is 5.97 Å². The lowest BCUT2D eigenvalue weighted by molar-refractivity contribution is -0.155. The van der Waals surface area contributed by atoms with Crippen LogP contribution in [-0.4, -0.2) is 31.1 Å². The molecule has 0 aliphatic heterocycles. The average molecular weight is 371 g/mol. The van der Waals surface area contributed by atoms with Gasteiger partial charge in [-0.1, -0.05) is 18.2 Å². The Morgan fingerprint density at radius 3 is 2.26 bits per heavy atom. The largest absolute Gasteiger partial charge is 0.479 e. The fraction of sp³-hybridized carbons (Fsp3) is 0.636. The van der Waals surface area contributed by atoms with E-state index in [0.29, 0.717) is 5.75 Å². The van der Waals surface area contributed by atoms with Gasteiger partial charge < -0.3 is 14.8 Å². The van der Waals surface area contributed by atoms with E-state index in [1.807, 2.05) is 18.2 Å². The lowest BCUT2D eigenvalue weighted by Crippen LogP contribution is -2.51. The highest BCUT2D eigenvalue weighted by molar-refractivity contribution is 5.82. The van der Waals surface area contributed by atoms with Crippen molar-refractivity contribution < 1.29 is 19.1 Å². The number of nitrogens with one attached hydrogen (secondary N) is 1. The van der Waals surface area contributed by atoms with Crippen molar-refractivity contribution in [3.63, 3.8) is 0 Å². The summed E-state index contributed by atoms with van der Waals surface area (Å²) in [6.07, 6.45) is 7.19. The number of para-hydroxylation sites is 1. The van der Waals surface area contributed by atoms with Crippen molar-refractivity contribution >= 4 is 11.9 Å². The molecule has 1 amide bonds. The van der Waals surface area contributed by atoms with Crippen molar-refractivity contribution in [1.29, 1.82) is 0 Å². The zero-order valence-corrected chi connectivity index (χ0v) is 16.0. The third-order valence-electron chi connectivity index (χ3n) is 6.56. The number of hydrogen-bond acceptors (Lipinski definition) is 4. The molecule has 0 radical (unpaired) electrons. The van der Waals surface area contributed by atoms with Gasteiger partial charge in [-0.3, -0.25) is 4.79 Å². The number of carbonyl (C=O) groups excluding carboxylic acids is 2. The molecular formula is C22H29NO4. The second-order valence-electron chi connectivity index (χ2n) is 8.88. The summed E-state index contributed by atoms with van der Waals surface area (Å²) in [4.78, 5) is 24.2. The van der Waals surface area contributed by atoms with Gasteiger partial charge in [0.05, 0.1) is 0 Å². The van der Waals surface area contributed by atoms with Crippen molar-refractivity contribution in [3.05, 3.63) is 30.3 Å². The van der Waals surface area contributed by atoms with Crippen LogP contribution in [-0.2, 0) is 14.3 Å². The van der Waals surface area contributed by atoms with Gasteiger partial charge in [0.25, 0.3) is 5.91 Å². The molecule has 1 N–H and O–H groups in total. The number of esters is 1. The summed E-state index contributed by atoms with van der Waals surface area (Å²) < 4.78 is 10.7. The highest BCUT2D eigenvalue weighted by Crippen LogP contribution is 2.59. The van der Waals surface area contributed by atoms with Gasteiger partial charge in [0.1, 0.15) is 5.75 Å². The van der Waals surface area contributed by atoms with Crippen LogP contribution in [0.4, 0.5) is 0 Å². The van der Waals surface area contributed by atoms with Crippen molar-refractivity contribution in [2.75, 3.05) is 13.2 Å². The van der Waals surface area contributed by atoms with Gasteiger partial charge in [-0.05, 0) is 80.8 Å². The lowest BCUT2D eigenvalue weighted by Gasteiger charge is -2.56. The van der Waals surface area contributed by atoms with Crippen molar-refractivity contribution in [2.24, 2.45) is 23.2 Å². The number of hydrogen-bond donors (Lipinski definition) is 1. The summed E-state index contributed by atoms with van der Waals surface area (Å²) in [5, 5.41) is 3.03. The maximum atomic E-state index is 12.2. The van der Waals surface area contributed by atoms with Gasteiger partial charge in [0.2, 0.25) is 0 Å². The van der Waals surface area contributed by atoms with Crippen LogP contribution < -0.4 is 10.1 Å². The molecule has 0 heterocycles. The minimum absolute atomic E-state index is 0.217. The molecule has 4 bridgehead atoms. The summed E-state index contributed by atoms with van der Waals surface area (Å²) >= 11 is 0. The molecule has 1 aromatic rings. The summed E-state index contributed by atoms with van der Waals surface area (Å²) in [6.45, 7) is 2.11. The summed E-state index contributed by atoms with van der Waals surface area (Å²) in [7, 11) is 0. The molecule has 5 heteroatoms. The van der Waals surface area contributed by atoms with Crippen molar-refractivity contribution in [1.82, 2.24) is 5.32 Å². The average Bonchev–Trinajstić information content (AvgIpc) is 2.64. The Balaban J connectivity index is 1.20. The molecule has 4 aliphatic carbocycles. The molecule has 0 unspecified atom stereocenters. The van der Waals surface area contributed by atoms with Crippen LogP contribution >= 0.6 is 0 Å². The fourth-order valence-electron chi connectivity index (χ4n) is 5.85. The lowest BCUT2D eigenvalue weighted by atomic mass is 9.49. The SMILES string of the molecule is C[C@H](Oc1ccccc1)C(=O)OCC(=O)NCC12CC3CC(CC(C3)C1)C2. The Labute approximate surface area is 160 Å². The number of benzene rings is 1. The normalized spacial score (nSPS) is 32.0. The molecule has 0 aromatic heterocycles. The molecule has 5 rings (SSSR count). The Bertz CT molecular complexity index is 652. The molecule has 27 heavy (non-hydrogen) atoms. The molecule has 4 fully saturated rings. The van der Waals surface area contributed by atoms with Gasteiger partial charge in [-0.15, -0.1) is 0 Å². The second kappa shape index (κ2) is 7.53. The van der Waals surface area contributed by atoms with E-state index in [1.54, 1.807) is 19.1 Å². The van der Waals surface area contributed by atoms with E-state index in [9.17, 15) is 9.59 Å². The zero-order chi connectivity index (χ0) is 18.9. The molecule has 0 spiro atoms. The second-order valence-corrected chi connectivity index (χ2v) is 8.88. The van der Waals surface area contributed by atoms with E-state index in [0.717, 1.165) is 24.3 Å². The molecule has 4 aliphatic rings. The maximum Gasteiger partial charge on any atom is 0.347 e. The van der Waals surface area contributed by atoms with Gasteiger partial charge in [-0.25, -0.2) is 4.79 Å². The van der Waals surface area contributed by atoms with Crippen LogP contribution in [0, 0.1) is 23.2 Å². The van der Waals surface area contributed by atoms with E-state index in [1.165, 1.54) is 38.5 Å². The van der Waals surface area contributed by atoms with E-state index in [-0.39, 0.29) is 17.9 Å². The third kappa shape index (κ3) is 4.28. The van der Waals surface area contributed by atoms with E-state index >= 15 is 0 Å². The fourth-order valence-corrected chi connectivity index (χ4v) is 5.85. The minimum atomic E-state index is -0.747. The van der Waals surface area contributed by atoms with Crippen LogP contribution in [0.3, 0.4) is 0 Å². The molecule has 4 saturated carbocycles. The molecular weight excluding hydrogens is 342 g/mol. The van der Waals surface area contributed by atoms with Crippen LogP contribution in [0.1, 0.15) is 45.4 Å². The minimum Gasteiger partial charge on any atom is -0.479 e. The van der Waals surface area contributed by atoms with Gasteiger partial charge in [0.15, 0.2) is 12.7 Å². The summed E-state index contributed by atoms with van der Waals surface area (Å²) in [5.41, 5.74) is 0.290. The third-order valence-corrected chi connectivity index (χ3v) is 6.56. The summed E-state index contributed by atoms with van der Waals surface area (Å²) in [5.74, 6) is 2.45. The van der Waals surface area contributed by atoms with E-state index in [4.69, 9.17) is 9.47 Å². The topological polar surface area (TPSA) is 64.6 Å². The Morgan fingerprint density at radius 2 is 1.67 bits per heavy atom. The van der Waals surface area contributed by atoms with E-state index < -0.39 is 12.1 Å². The number of carbonyl (C=O) groups is 2. The predicted molar refractivity (Wildman–Crippen MR) is 101 cm³/mol. The highest BCUT2D eigenvalue weighted by atomic mass is 16.6. The molecule has 1 aromatic carbocycles. The smallest absolute Gasteiger partial charge is 0.347 e. The molecule has 0 saturated heterocycles. The van der Waals surface area contributed by atoms with Crippen molar-refractivity contribution in [2.45, 2.75) is 51.6 Å². The first-order valence-electron chi connectivity index (χ1n) is 10.2. The highest BCUT2D eigenvalue weighted by Gasteiger charge is 2.50. The Morgan fingerprint density at radius 1 is 1.07 bits per heavy atom. The van der Waals surface area contributed by atoms with Gasteiger partial charge in [-0.2, -0.15) is 0 Å².